The average Bonchev–Trinajstić information content (AvgIpc) is 2.87. The third-order valence-electron chi connectivity index (χ3n) is 3.87. The number of carbonyl (C=O) groups is 3. The van der Waals surface area contributed by atoms with E-state index in [9.17, 15) is 19.5 Å². The minimum Gasteiger partial charge on any atom is -0.479 e. The maximum atomic E-state index is 12.1. The summed E-state index contributed by atoms with van der Waals surface area (Å²) in [5, 5.41) is 20.8. The largest absolute Gasteiger partial charge is 0.479 e. The smallest absolute Gasteiger partial charge is 0.337 e. The molecule has 1 aromatic rings. The highest BCUT2D eigenvalue weighted by Gasteiger charge is 2.36. The van der Waals surface area contributed by atoms with E-state index in [-0.39, 0.29) is 18.9 Å². The minimum atomic E-state index is -2.03. The van der Waals surface area contributed by atoms with Crippen LogP contribution in [0.3, 0.4) is 0 Å². The third kappa shape index (κ3) is 4.29. The van der Waals surface area contributed by atoms with Gasteiger partial charge in [0.2, 0.25) is 11.8 Å². The molecule has 0 saturated carbocycles. The Morgan fingerprint density at radius 1 is 1.35 bits per heavy atom. The fourth-order valence-electron chi connectivity index (χ4n) is 2.38. The number of aliphatic carboxylic acids is 1. The lowest BCUT2D eigenvalue weighted by molar-refractivity contribution is -0.156. The molecule has 0 radical (unpaired) electrons. The fourth-order valence-corrected chi connectivity index (χ4v) is 2.38. The second-order valence-corrected chi connectivity index (χ2v) is 5.96. The molecule has 1 fully saturated rings. The molecule has 3 N–H and O–H groups in total. The van der Waals surface area contributed by atoms with Gasteiger partial charge in [-0.15, -0.1) is 0 Å². The minimum absolute atomic E-state index is 0.0912. The van der Waals surface area contributed by atoms with Crippen LogP contribution in [0.25, 0.3) is 0 Å². The molecule has 7 heteroatoms. The predicted octanol–water partition coefficient (Wildman–Crippen LogP) is -0.0131. The van der Waals surface area contributed by atoms with Gasteiger partial charge in [-0.25, -0.2) is 4.79 Å². The van der Waals surface area contributed by atoms with Gasteiger partial charge in [0, 0.05) is 19.5 Å². The Balaban J connectivity index is 1.89. The molecule has 2 rings (SSSR count). The first-order valence-corrected chi connectivity index (χ1v) is 7.35. The highest BCUT2D eigenvalue weighted by Crippen LogP contribution is 2.20. The highest BCUT2D eigenvalue weighted by molar-refractivity contribution is 5.89. The van der Waals surface area contributed by atoms with Crippen LogP contribution in [0, 0.1) is 5.92 Å². The van der Waals surface area contributed by atoms with Gasteiger partial charge in [-0.3, -0.25) is 9.59 Å². The van der Waals surface area contributed by atoms with Gasteiger partial charge < -0.3 is 20.4 Å². The van der Waals surface area contributed by atoms with E-state index in [1.165, 1.54) is 0 Å². The normalized spacial score (nSPS) is 20.2. The second-order valence-electron chi connectivity index (χ2n) is 5.96. The SMILES string of the molecule is CC(O)(CNC(=O)C1CC(=O)N(Cc2ccccc2)C1)C(=O)O. The third-order valence-corrected chi connectivity index (χ3v) is 3.87. The summed E-state index contributed by atoms with van der Waals surface area (Å²) in [5.41, 5.74) is -1.04. The number of amides is 2. The molecule has 2 atom stereocenters. The Bertz CT molecular complexity index is 600. The monoisotopic (exact) mass is 320 g/mol. The van der Waals surface area contributed by atoms with E-state index in [2.05, 4.69) is 5.32 Å². The molecule has 0 bridgehead atoms. The summed E-state index contributed by atoms with van der Waals surface area (Å²) in [6, 6.07) is 9.47. The van der Waals surface area contributed by atoms with Gasteiger partial charge in [-0.1, -0.05) is 30.3 Å². The summed E-state index contributed by atoms with van der Waals surface area (Å²) in [4.78, 5) is 36.5. The number of hydrogen-bond donors (Lipinski definition) is 3. The van der Waals surface area contributed by atoms with Crippen LogP contribution in [-0.4, -0.2) is 51.6 Å². The molecule has 0 aliphatic carbocycles. The molecule has 1 saturated heterocycles. The predicted molar refractivity (Wildman–Crippen MR) is 81.2 cm³/mol. The summed E-state index contributed by atoms with van der Waals surface area (Å²) in [7, 11) is 0. The Kier molecular flexibility index (Phi) is 5.00. The van der Waals surface area contributed by atoms with Crippen molar-refractivity contribution in [2.45, 2.75) is 25.5 Å². The van der Waals surface area contributed by atoms with Gasteiger partial charge in [-0.2, -0.15) is 0 Å². The van der Waals surface area contributed by atoms with Crippen LogP contribution in [0.15, 0.2) is 30.3 Å². The van der Waals surface area contributed by atoms with Crippen LogP contribution >= 0.6 is 0 Å². The molecule has 1 aliphatic heterocycles. The van der Waals surface area contributed by atoms with E-state index in [4.69, 9.17) is 5.11 Å². The van der Waals surface area contributed by atoms with E-state index < -0.39 is 29.9 Å². The van der Waals surface area contributed by atoms with Crippen molar-refractivity contribution >= 4 is 17.8 Å². The highest BCUT2D eigenvalue weighted by atomic mass is 16.4. The zero-order valence-electron chi connectivity index (χ0n) is 12.9. The Hall–Kier alpha value is -2.41. The zero-order chi connectivity index (χ0) is 17.0. The van der Waals surface area contributed by atoms with Crippen molar-refractivity contribution in [1.29, 1.82) is 0 Å². The van der Waals surface area contributed by atoms with Gasteiger partial charge >= 0.3 is 5.97 Å². The summed E-state index contributed by atoms with van der Waals surface area (Å²) in [6.45, 7) is 1.44. The second kappa shape index (κ2) is 6.78. The molecule has 23 heavy (non-hydrogen) atoms. The van der Waals surface area contributed by atoms with Crippen molar-refractivity contribution in [2.24, 2.45) is 5.92 Å². The Labute approximate surface area is 133 Å². The molecule has 1 aromatic carbocycles. The van der Waals surface area contributed by atoms with Crippen molar-refractivity contribution < 1.29 is 24.6 Å². The van der Waals surface area contributed by atoms with Gasteiger partial charge in [0.05, 0.1) is 12.5 Å². The van der Waals surface area contributed by atoms with Gasteiger partial charge in [0.15, 0.2) is 5.60 Å². The summed E-state index contributed by atoms with van der Waals surface area (Å²) >= 11 is 0. The Morgan fingerprint density at radius 2 is 2.00 bits per heavy atom. The maximum absolute atomic E-state index is 12.1. The summed E-state index contributed by atoms with van der Waals surface area (Å²) in [6.07, 6.45) is 0.0912. The quantitative estimate of drug-likeness (QED) is 0.683. The number of benzene rings is 1. The van der Waals surface area contributed by atoms with Crippen LogP contribution in [0.2, 0.25) is 0 Å². The number of likely N-dealkylation sites (tertiary alicyclic amines) is 1. The standard InChI is InChI=1S/C16H20N2O5/c1-16(23,15(21)22)10-17-14(20)12-7-13(19)18(9-12)8-11-5-3-2-4-6-11/h2-6,12,23H,7-10H2,1H3,(H,17,20)(H,21,22). The van der Waals surface area contributed by atoms with E-state index in [1.54, 1.807) is 4.90 Å². The summed E-state index contributed by atoms with van der Waals surface area (Å²) in [5.74, 6) is -2.48. The van der Waals surface area contributed by atoms with Crippen molar-refractivity contribution in [2.75, 3.05) is 13.1 Å². The average molecular weight is 320 g/mol. The molecule has 1 aliphatic rings. The number of carboxylic acid groups (broad SMARTS) is 1. The molecule has 0 spiro atoms. The van der Waals surface area contributed by atoms with Crippen LogP contribution in [0.5, 0.6) is 0 Å². The first-order chi connectivity index (χ1) is 10.8. The number of aliphatic hydroxyl groups is 1. The van der Waals surface area contributed by atoms with Crippen LogP contribution in [0.1, 0.15) is 18.9 Å². The molecule has 2 amide bonds. The zero-order valence-corrected chi connectivity index (χ0v) is 12.9. The van der Waals surface area contributed by atoms with Crippen molar-refractivity contribution in [3.05, 3.63) is 35.9 Å². The topological polar surface area (TPSA) is 107 Å². The molecule has 0 aromatic heterocycles. The van der Waals surface area contributed by atoms with E-state index in [0.717, 1.165) is 12.5 Å². The van der Waals surface area contributed by atoms with Crippen LogP contribution in [0.4, 0.5) is 0 Å². The first kappa shape index (κ1) is 17.0. The summed E-state index contributed by atoms with van der Waals surface area (Å²) < 4.78 is 0. The maximum Gasteiger partial charge on any atom is 0.337 e. The molecule has 7 nitrogen and oxygen atoms in total. The van der Waals surface area contributed by atoms with Crippen LogP contribution < -0.4 is 5.32 Å². The van der Waals surface area contributed by atoms with Gasteiger partial charge in [-0.05, 0) is 12.5 Å². The van der Waals surface area contributed by atoms with Gasteiger partial charge in [0.25, 0.3) is 0 Å². The first-order valence-electron chi connectivity index (χ1n) is 7.35. The van der Waals surface area contributed by atoms with E-state index in [1.807, 2.05) is 30.3 Å². The molecule has 1 heterocycles. The number of nitrogens with zero attached hydrogens (tertiary/aromatic N) is 1. The number of rotatable bonds is 6. The van der Waals surface area contributed by atoms with Crippen molar-refractivity contribution in [1.82, 2.24) is 10.2 Å². The van der Waals surface area contributed by atoms with E-state index >= 15 is 0 Å². The molecular weight excluding hydrogens is 300 g/mol. The Morgan fingerprint density at radius 3 is 2.61 bits per heavy atom. The molecular formula is C16H20N2O5. The number of carboxylic acids is 1. The van der Waals surface area contributed by atoms with Gasteiger partial charge in [0.1, 0.15) is 0 Å². The fraction of sp³-hybridized carbons (Fsp3) is 0.438. The lowest BCUT2D eigenvalue weighted by atomic mass is 10.1. The lowest BCUT2D eigenvalue weighted by Gasteiger charge is -2.20. The number of hydrogen-bond acceptors (Lipinski definition) is 4. The number of nitrogens with one attached hydrogen (secondary N) is 1. The van der Waals surface area contributed by atoms with Crippen LogP contribution in [-0.2, 0) is 20.9 Å². The molecule has 2 unspecified atom stereocenters. The molecule has 124 valence electrons. The van der Waals surface area contributed by atoms with E-state index in [0.29, 0.717) is 6.54 Å². The lowest BCUT2D eigenvalue weighted by Crippen LogP contribution is -2.48. The number of carbonyl (C=O) groups excluding carboxylic acids is 2. The van der Waals surface area contributed by atoms with Crippen molar-refractivity contribution in [3.63, 3.8) is 0 Å². The van der Waals surface area contributed by atoms with Crippen molar-refractivity contribution in [3.8, 4) is 0 Å².